The summed E-state index contributed by atoms with van der Waals surface area (Å²) in [4.78, 5) is 5.04. The van der Waals surface area contributed by atoms with Crippen LogP contribution in [0.5, 0.6) is 0 Å². The molecule has 0 aromatic heterocycles. The van der Waals surface area contributed by atoms with Crippen LogP contribution in [0.4, 0.5) is 0 Å². The van der Waals surface area contributed by atoms with Crippen LogP contribution >= 0.6 is 0 Å². The molecule has 0 aromatic rings. The van der Waals surface area contributed by atoms with Crippen molar-refractivity contribution in [3.63, 3.8) is 0 Å². The van der Waals surface area contributed by atoms with E-state index >= 15 is 0 Å². The summed E-state index contributed by atoms with van der Waals surface area (Å²) >= 11 is 0. The normalized spacial score (nSPS) is 37.5. The van der Waals surface area contributed by atoms with E-state index in [1.807, 2.05) is 0 Å². The molecule has 94 valence electrons. The molecule has 1 aliphatic carbocycles. The van der Waals surface area contributed by atoms with Gasteiger partial charge >= 0.3 is 0 Å². The summed E-state index contributed by atoms with van der Waals surface area (Å²) in [6.45, 7) is 9.58. The fourth-order valence-electron chi connectivity index (χ4n) is 3.12. The zero-order chi connectivity index (χ0) is 11.8. The Bertz CT molecular complexity index is 231. The molecular formula is C13H27N3. The Morgan fingerprint density at radius 1 is 1.12 bits per heavy atom. The quantitative estimate of drug-likeness (QED) is 0.726. The number of piperazine rings is 1. The molecule has 1 heterocycles. The van der Waals surface area contributed by atoms with E-state index in [1.54, 1.807) is 0 Å². The van der Waals surface area contributed by atoms with Gasteiger partial charge in [0.15, 0.2) is 0 Å². The highest BCUT2D eigenvalue weighted by Gasteiger charge is 2.36. The predicted molar refractivity (Wildman–Crippen MR) is 68.5 cm³/mol. The van der Waals surface area contributed by atoms with Crippen molar-refractivity contribution in [2.75, 3.05) is 33.2 Å². The van der Waals surface area contributed by atoms with Crippen LogP contribution in [-0.2, 0) is 0 Å². The summed E-state index contributed by atoms with van der Waals surface area (Å²) < 4.78 is 0. The lowest BCUT2D eigenvalue weighted by Crippen LogP contribution is -2.57. The van der Waals surface area contributed by atoms with Crippen molar-refractivity contribution in [1.82, 2.24) is 9.80 Å². The second-order valence-electron chi connectivity index (χ2n) is 6.48. The molecule has 2 unspecified atom stereocenters. The van der Waals surface area contributed by atoms with Gasteiger partial charge in [-0.2, -0.15) is 0 Å². The van der Waals surface area contributed by atoms with Crippen molar-refractivity contribution >= 4 is 0 Å². The Morgan fingerprint density at radius 3 is 2.38 bits per heavy atom. The van der Waals surface area contributed by atoms with E-state index in [9.17, 15) is 0 Å². The monoisotopic (exact) mass is 225 g/mol. The van der Waals surface area contributed by atoms with Gasteiger partial charge < -0.3 is 10.6 Å². The Kier molecular flexibility index (Phi) is 3.57. The molecule has 0 spiro atoms. The maximum atomic E-state index is 6.31. The van der Waals surface area contributed by atoms with Crippen LogP contribution < -0.4 is 5.73 Å². The molecule has 2 atom stereocenters. The summed E-state index contributed by atoms with van der Waals surface area (Å²) in [7, 11) is 2.21. The predicted octanol–water partition coefficient (Wildman–Crippen LogP) is 1.14. The summed E-state index contributed by atoms with van der Waals surface area (Å²) in [5, 5.41) is 0. The summed E-state index contributed by atoms with van der Waals surface area (Å²) in [5.41, 5.74) is 6.80. The van der Waals surface area contributed by atoms with E-state index in [4.69, 9.17) is 5.73 Å². The van der Waals surface area contributed by atoms with Crippen LogP contribution in [0.3, 0.4) is 0 Å². The largest absolute Gasteiger partial charge is 0.326 e. The van der Waals surface area contributed by atoms with Gasteiger partial charge in [0.25, 0.3) is 0 Å². The lowest BCUT2D eigenvalue weighted by molar-refractivity contribution is 0.0444. The fourth-order valence-corrected chi connectivity index (χ4v) is 3.12. The van der Waals surface area contributed by atoms with Crippen molar-refractivity contribution in [2.24, 2.45) is 11.1 Å². The minimum Gasteiger partial charge on any atom is -0.326 e. The number of hydrogen-bond acceptors (Lipinski definition) is 3. The smallest absolute Gasteiger partial charge is 0.0253 e. The standard InChI is InChI=1S/C13H27N3/c1-13(2)5-4-11(14)12(10-13)16-8-6-15(3)7-9-16/h11-12H,4-10,14H2,1-3H3. The first kappa shape index (κ1) is 12.3. The number of likely N-dealkylation sites (N-methyl/N-ethyl adjacent to an activating group) is 1. The molecule has 1 saturated carbocycles. The Hall–Kier alpha value is -0.120. The van der Waals surface area contributed by atoms with E-state index < -0.39 is 0 Å². The van der Waals surface area contributed by atoms with Gasteiger partial charge in [-0.1, -0.05) is 13.8 Å². The third-order valence-corrected chi connectivity index (χ3v) is 4.42. The van der Waals surface area contributed by atoms with Gasteiger partial charge in [0.2, 0.25) is 0 Å². The van der Waals surface area contributed by atoms with Gasteiger partial charge in [-0.15, -0.1) is 0 Å². The molecule has 2 fully saturated rings. The van der Waals surface area contributed by atoms with Gasteiger partial charge in [-0.3, -0.25) is 4.90 Å². The molecule has 1 saturated heterocycles. The lowest BCUT2D eigenvalue weighted by Gasteiger charge is -2.47. The zero-order valence-electron chi connectivity index (χ0n) is 11.1. The van der Waals surface area contributed by atoms with Gasteiger partial charge in [0.1, 0.15) is 0 Å². The number of rotatable bonds is 1. The number of nitrogens with two attached hydrogens (primary N) is 1. The van der Waals surface area contributed by atoms with Crippen LogP contribution in [-0.4, -0.2) is 55.1 Å². The van der Waals surface area contributed by atoms with Crippen LogP contribution in [0.2, 0.25) is 0 Å². The van der Waals surface area contributed by atoms with Gasteiger partial charge in [0.05, 0.1) is 0 Å². The molecule has 2 rings (SSSR count). The van der Waals surface area contributed by atoms with Crippen LogP contribution in [0.1, 0.15) is 33.1 Å². The highest BCUT2D eigenvalue weighted by atomic mass is 15.3. The van der Waals surface area contributed by atoms with Crippen LogP contribution in [0.15, 0.2) is 0 Å². The molecule has 0 bridgehead atoms. The third-order valence-electron chi connectivity index (χ3n) is 4.42. The second-order valence-corrected chi connectivity index (χ2v) is 6.48. The van der Waals surface area contributed by atoms with Gasteiger partial charge in [0, 0.05) is 38.3 Å². The molecule has 1 aliphatic heterocycles. The van der Waals surface area contributed by atoms with E-state index in [1.165, 1.54) is 45.4 Å². The minimum atomic E-state index is 0.399. The molecule has 3 nitrogen and oxygen atoms in total. The van der Waals surface area contributed by atoms with Gasteiger partial charge in [-0.05, 0) is 31.7 Å². The molecule has 0 aromatic carbocycles. The third kappa shape index (κ3) is 2.76. The Balaban J connectivity index is 1.96. The van der Waals surface area contributed by atoms with Crippen LogP contribution in [0.25, 0.3) is 0 Å². The van der Waals surface area contributed by atoms with Crippen molar-refractivity contribution in [3.05, 3.63) is 0 Å². The van der Waals surface area contributed by atoms with Crippen molar-refractivity contribution in [3.8, 4) is 0 Å². The minimum absolute atomic E-state index is 0.399. The molecule has 0 radical (unpaired) electrons. The molecule has 16 heavy (non-hydrogen) atoms. The maximum Gasteiger partial charge on any atom is 0.0253 e. The second kappa shape index (κ2) is 4.63. The fraction of sp³-hybridized carbons (Fsp3) is 1.00. The van der Waals surface area contributed by atoms with E-state index in [2.05, 4.69) is 30.7 Å². The average molecular weight is 225 g/mol. The van der Waals surface area contributed by atoms with E-state index in [-0.39, 0.29) is 0 Å². The van der Waals surface area contributed by atoms with Crippen molar-refractivity contribution in [2.45, 2.75) is 45.2 Å². The van der Waals surface area contributed by atoms with Crippen molar-refractivity contribution in [1.29, 1.82) is 0 Å². The molecule has 2 N–H and O–H groups in total. The lowest BCUT2D eigenvalue weighted by atomic mass is 9.72. The molecule has 3 heteroatoms. The first-order chi connectivity index (χ1) is 7.48. The number of nitrogens with zero attached hydrogens (tertiary/aromatic N) is 2. The summed E-state index contributed by atoms with van der Waals surface area (Å²) in [6, 6.07) is 1.02. The average Bonchev–Trinajstić information content (AvgIpc) is 2.23. The molecule has 0 amide bonds. The SMILES string of the molecule is CN1CCN(C2CC(C)(C)CCC2N)CC1. The first-order valence-corrected chi connectivity index (χ1v) is 6.66. The topological polar surface area (TPSA) is 32.5 Å². The number of hydrogen-bond donors (Lipinski definition) is 1. The van der Waals surface area contributed by atoms with Crippen LogP contribution in [0, 0.1) is 5.41 Å². The Morgan fingerprint density at radius 2 is 1.75 bits per heavy atom. The highest BCUT2D eigenvalue weighted by molar-refractivity contribution is 4.94. The molecular weight excluding hydrogens is 198 g/mol. The maximum absolute atomic E-state index is 6.31. The molecule has 2 aliphatic rings. The highest BCUT2D eigenvalue weighted by Crippen LogP contribution is 2.36. The zero-order valence-corrected chi connectivity index (χ0v) is 11.1. The van der Waals surface area contributed by atoms with Crippen molar-refractivity contribution < 1.29 is 0 Å². The summed E-state index contributed by atoms with van der Waals surface area (Å²) in [6.07, 6.45) is 3.76. The first-order valence-electron chi connectivity index (χ1n) is 6.66. The van der Waals surface area contributed by atoms with Gasteiger partial charge in [-0.25, -0.2) is 0 Å². The summed E-state index contributed by atoms with van der Waals surface area (Å²) in [5.74, 6) is 0. The van der Waals surface area contributed by atoms with E-state index in [0.29, 0.717) is 17.5 Å². The van der Waals surface area contributed by atoms with E-state index in [0.717, 1.165) is 0 Å². The Labute approximate surface area is 100.0 Å².